The van der Waals surface area contributed by atoms with Crippen LogP contribution in [0.2, 0.25) is 5.02 Å². The summed E-state index contributed by atoms with van der Waals surface area (Å²) in [6.07, 6.45) is 0. The number of methoxy groups -OCH3 is 3. The van der Waals surface area contributed by atoms with E-state index in [1.807, 2.05) is 19.1 Å². The van der Waals surface area contributed by atoms with Crippen molar-refractivity contribution in [3.05, 3.63) is 76.8 Å². The normalized spacial score (nSPS) is 12.2. The summed E-state index contributed by atoms with van der Waals surface area (Å²) < 4.78 is 45.3. The Labute approximate surface area is 194 Å². The number of sulfonamides is 1. The van der Waals surface area contributed by atoms with Gasteiger partial charge in [-0.15, -0.1) is 0 Å². The molecule has 3 rings (SSSR count). The second-order valence-corrected chi connectivity index (χ2v) is 9.34. The third-order valence-corrected chi connectivity index (χ3v) is 7.78. The van der Waals surface area contributed by atoms with Gasteiger partial charge < -0.3 is 14.2 Å². The Balaban J connectivity index is 2.22. The Hall–Kier alpha value is -2.90. The first-order chi connectivity index (χ1) is 15.2. The van der Waals surface area contributed by atoms with Crippen molar-refractivity contribution in [2.75, 3.05) is 25.6 Å². The number of hydrogen-bond acceptors (Lipinski definition) is 5. The molecule has 32 heavy (non-hydrogen) atoms. The summed E-state index contributed by atoms with van der Waals surface area (Å²) in [5.41, 5.74) is 1.72. The van der Waals surface area contributed by atoms with Crippen LogP contribution in [0.15, 0.2) is 65.6 Å². The zero-order valence-corrected chi connectivity index (χ0v) is 20.2. The van der Waals surface area contributed by atoms with Crippen molar-refractivity contribution >= 4 is 27.3 Å². The van der Waals surface area contributed by atoms with Crippen LogP contribution in [0.5, 0.6) is 17.2 Å². The largest absolute Gasteiger partial charge is 0.497 e. The molecule has 170 valence electrons. The van der Waals surface area contributed by atoms with E-state index in [0.717, 1.165) is 5.56 Å². The number of rotatable bonds is 8. The maximum atomic E-state index is 14.0. The quantitative estimate of drug-likeness (QED) is 0.422. The average Bonchev–Trinajstić information content (AvgIpc) is 2.80. The molecule has 0 amide bonds. The highest BCUT2D eigenvalue weighted by atomic mass is 35.5. The fourth-order valence-corrected chi connectivity index (χ4v) is 5.64. The lowest BCUT2D eigenvalue weighted by molar-refractivity contribution is 0.355. The summed E-state index contributed by atoms with van der Waals surface area (Å²) in [6, 6.07) is 16.6. The lowest BCUT2D eigenvalue weighted by atomic mass is 10.1. The average molecular weight is 476 g/mol. The van der Waals surface area contributed by atoms with Gasteiger partial charge in [0.25, 0.3) is 10.0 Å². The van der Waals surface area contributed by atoms with Crippen LogP contribution in [-0.2, 0) is 10.0 Å². The first-order valence-electron chi connectivity index (χ1n) is 9.90. The maximum absolute atomic E-state index is 14.0. The van der Waals surface area contributed by atoms with E-state index in [4.69, 9.17) is 25.8 Å². The number of anilines is 1. The van der Waals surface area contributed by atoms with E-state index < -0.39 is 16.1 Å². The summed E-state index contributed by atoms with van der Waals surface area (Å²) in [5.74, 6) is 1.62. The van der Waals surface area contributed by atoms with Crippen LogP contribution in [0.25, 0.3) is 0 Å². The van der Waals surface area contributed by atoms with Gasteiger partial charge in [-0.05, 0) is 61.4 Å². The van der Waals surface area contributed by atoms with Crippen LogP contribution < -0.4 is 18.5 Å². The highest BCUT2D eigenvalue weighted by Crippen LogP contribution is 2.39. The minimum atomic E-state index is -3.99. The fraction of sp³-hybridized carbons (Fsp3) is 0.250. The highest BCUT2D eigenvalue weighted by molar-refractivity contribution is 7.93. The molecule has 1 unspecified atom stereocenters. The van der Waals surface area contributed by atoms with Crippen molar-refractivity contribution in [1.82, 2.24) is 0 Å². The second-order valence-electron chi connectivity index (χ2n) is 7.15. The van der Waals surface area contributed by atoms with Crippen molar-refractivity contribution in [2.24, 2.45) is 0 Å². The summed E-state index contributed by atoms with van der Waals surface area (Å²) in [5, 5.41) is 0.385. The van der Waals surface area contributed by atoms with E-state index in [0.29, 0.717) is 33.5 Å². The van der Waals surface area contributed by atoms with Crippen LogP contribution in [-0.4, -0.2) is 29.7 Å². The monoisotopic (exact) mass is 475 g/mol. The Bertz CT molecular complexity index is 1200. The van der Waals surface area contributed by atoms with Crippen LogP contribution in [0.1, 0.15) is 24.1 Å². The van der Waals surface area contributed by atoms with Crippen molar-refractivity contribution in [1.29, 1.82) is 0 Å². The molecule has 0 spiro atoms. The molecular weight excluding hydrogens is 450 g/mol. The van der Waals surface area contributed by atoms with Gasteiger partial charge in [0, 0.05) is 11.1 Å². The molecule has 0 bridgehead atoms. The lowest BCUT2D eigenvalue weighted by Gasteiger charge is -2.32. The number of benzene rings is 3. The molecule has 3 aromatic carbocycles. The highest BCUT2D eigenvalue weighted by Gasteiger charge is 2.32. The predicted molar refractivity (Wildman–Crippen MR) is 127 cm³/mol. The summed E-state index contributed by atoms with van der Waals surface area (Å²) >= 11 is 6.25. The van der Waals surface area contributed by atoms with Crippen LogP contribution in [0.4, 0.5) is 5.69 Å². The van der Waals surface area contributed by atoms with E-state index in [1.165, 1.54) is 18.5 Å². The Kier molecular flexibility index (Phi) is 7.21. The van der Waals surface area contributed by atoms with Crippen LogP contribution in [0, 0.1) is 6.92 Å². The van der Waals surface area contributed by atoms with Crippen LogP contribution in [0.3, 0.4) is 0 Å². The molecule has 3 aromatic rings. The molecule has 0 aromatic heterocycles. The number of nitrogens with zero attached hydrogens (tertiary/aromatic N) is 1. The Morgan fingerprint density at radius 2 is 1.53 bits per heavy atom. The van der Waals surface area contributed by atoms with E-state index in [-0.39, 0.29) is 4.90 Å². The first kappa shape index (κ1) is 23.8. The van der Waals surface area contributed by atoms with Gasteiger partial charge in [0.2, 0.25) is 0 Å². The zero-order chi connectivity index (χ0) is 23.5. The molecule has 1 atom stereocenters. The Morgan fingerprint density at radius 3 is 2.12 bits per heavy atom. The third-order valence-electron chi connectivity index (χ3n) is 5.33. The summed E-state index contributed by atoms with van der Waals surface area (Å²) in [6.45, 7) is 3.52. The number of hydrogen-bond donors (Lipinski definition) is 0. The molecule has 0 saturated carbocycles. The molecule has 6 nitrogen and oxygen atoms in total. The van der Waals surface area contributed by atoms with Crippen molar-refractivity contribution in [3.8, 4) is 17.2 Å². The predicted octanol–water partition coefficient (Wildman–Crippen LogP) is 5.63. The van der Waals surface area contributed by atoms with Gasteiger partial charge in [-0.2, -0.15) is 0 Å². The van der Waals surface area contributed by atoms with Gasteiger partial charge in [0.05, 0.1) is 38.0 Å². The minimum Gasteiger partial charge on any atom is -0.497 e. The molecular formula is C24H26ClNO5S. The molecule has 0 fully saturated rings. The van der Waals surface area contributed by atoms with Crippen molar-refractivity contribution in [3.63, 3.8) is 0 Å². The third kappa shape index (κ3) is 4.49. The SMILES string of the molecule is COc1ccc(C(C)N(c2ccc(OC)c(OC)c2)S(=O)(=O)c2cccc(Cl)c2C)cc1. The van der Waals surface area contributed by atoms with Gasteiger partial charge in [0.15, 0.2) is 11.5 Å². The Morgan fingerprint density at radius 1 is 0.875 bits per heavy atom. The maximum Gasteiger partial charge on any atom is 0.265 e. The smallest absolute Gasteiger partial charge is 0.265 e. The molecule has 0 radical (unpaired) electrons. The van der Waals surface area contributed by atoms with Crippen LogP contribution >= 0.6 is 11.6 Å². The van der Waals surface area contributed by atoms with E-state index in [1.54, 1.807) is 62.6 Å². The molecule has 0 heterocycles. The van der Waals surface area contributed by atoms with E-state index in [9.17, 15) is 8.42 Å². The number of halogens is 1. The molecule has 0 aliphatic rings. The first-order valence-corrected chi connectivity index (χ1v) is 11.7. The topological polar surface area (TPSA) is 65.1 Å². The lowest BCUT2D eigenvalue weighted by Crippen LogP contribution is -2.34. The summed E-state index contributed by atoms with van der Waals surface area (Å²) in [4.78, 5) is 0.139. The standard InChI is InChI=1S/C24H26ClNO5S/c1-16-21(25)7-6-8-24(16)32(27,28)26(17(2)18-9-12-20(29-3)13-10-18)19-11-14-22(30-4)23(15-19)31-5/h6-15,17H,1-5H3. The fourth-order valence-electron chi connectivity index (χ4n) is 3.52. The van der Waals surface area contributed by atoms with Crippen molar-refractivity contribution in [2.45, 2.75) is 24.8 Å². The zero-order valence-electron chi connectivity index (χ0n) is 18.6. The molecule has 0 aliphatic carbocycles. The van der Waals surface area contributed by atoms with Gasteiger partial charge in [-0.1, -0.05) is 29.8 Å². The van der Waals surface area contributed by atoms with Gasteiger partial charge in [-0.25, -0.2) is 8.42 Å². The van der Waals surface area contributed by atoms with Gasteiger partial charge in [0.1, 0.15) is 5.75 Å². The second kappa shape index (κ2) is 9.71. The van der Waals surface area contributed by atoms with Crippen molar-refractivity contribution < 1.29 is 22.6 Å². The molecule has 0 saturated heterocycles. The molecule has 0 aliphatic heterocycles. The summed E-state index contributed by atoms with van der Waals surface area (Å²) in [7, 11) is 0.628. The van der Waals surface area contributed by atoms with Gasteiger partial charge >= 0.3 is 0 Å². The van der Waals surface area contributed by atoms with E-state index >= 15 is 0 Å². The van der Waals surface area contributed by atoms with E-state index in [2.05, 4.69) is 0 Å². The number of ether oxygens (including phenoxy) is 3. The van der Waals surface area contributed by atoms with Gasteiger partial charge in [-0.3, -0.25) is 4.31 Å². The molecule has 8 heteroatoms. The minimum absolute atomic E-state index is 0.139. The molecule has 0 N–H and O–H groups in total.